The Morgan fingerprint density at radius 3 is 2.41 bits per heavy atom. The van der Waals surface area contributed by atoms with E-state index in [0.717, 1.165) is 6.21 Å². The van der Waals surface area contributed by atoms with Crippen LogP contribution in [-0.4, -0.2) is 53.0 Å². The third-order valence-electron chi connectivity index (χ3n) is 5.06. The number of carbonyl (C=O) groups excluding carboxylic acids is 2. The molecule has 0 bridgehead atoms. The molecule has 0 aliphatic carbocycles. The van der Waals surface area contributed by atoms with E-state index in [4.69, 9.17) is 28.6 Å². The number of amides is 2. The van der Waals surface area contributed by atoms with Crippen LogP contribution in [0, 0.1) is 11.3 Å². The van der Waals surface area contributed by atoms with Gasteiger partial charge in [0, 0.05) is 16.2 Å². The van der Waals surface area contributed by atoms with Gasteiger partial charge in [-0.25, -0.2) is 9.97 Å². The maximum atomic E-state index is 13.2. The van der Waals surface area contributed by atoms with E-state index in [0.29, 0.717) is 27.7 Å². The summed E-state index contributed by atoms with van der Waals surface area (Å²) in [7, 11) is 3.54. The highest BCUT2D eigenvalue weighted by Gasteiger charge is 2.31. The van der Waals surface area contributed by atoms with E-state index < -0.39 is 12.1 Å². The molecule has 0 radical (unpaired) electrons. The predicted octanol–water partition coefficient (Wildman–Crippen LogP) is 3.23. The Hall–Kier alpha value is -2.55. The van der Waals surface area contributed by atoms with Gasteiger partial charge in [0.1, 0.15) is 12.1 Å². The van der Waals surface area contributed by atoms with E-state index in [1.165, 1.54) is 6.20 Å². The molecule has 0 spiro atoms. The molecule has 3 atom stereocenters. The Bertz CT molecular complexity index is 949. The summed E-state index contributed by atoms with van der Waals surface area (Å²) in [4.78, 5) is 36.0. The van der Waals surface area contributed by atoms with Crippen molar-refractivity contribution in [3.63, 3.8) is 0 Å². The second kappa shape index (κ2) is 11.9. The lowest BCUT2D eigenvalue weighted by molar-refractivity contribution is -0.132. The average molecular weight is 479 g/mol. The molecule has 0 aliphatic rings. The van der Waals surface area contributed by atoms with Crippen molar-refractivity contribution in [2.75, 3.05) is 14.1 Å². The van der Waals surface area contributed by atoms with Crippen LogP contribution in [0.5, 0.6) is 0 Å². The summed E-state index contributed by atoms with van der Waals surface area (Å²) in [6, 6.07) is 5.22. The van der Waals surface area contributed by atoms with Crippen LogP contribution in [0.2, 0.25) is 10.0 Å². The van der Waals surface area contributed by atoms with Crippen LogP contribution in [0.4, 0.5) is 0 Å². The van der Waals surface area contributed by atoms with Crippen molar-refractivity contribution in [1.29, 1.82) is 5.41 Å². The summed E-state index contributed by atoms with van der Waals surface area (Å²) in [5, 5.41) is 13.8. The van der Waals surface area contributed by atoms with Gasteiger partial charge in [0.25, 0.3) is 0 Å². The van der Waals surface area contributed by atoms with E-state index in [1.54, 1.807) is 43.3 Å². The van der Waals surface area contributed by atoms with Gasteiger partial charge in [-0.2, -0.15) is 0 Å². The Morgan fingerprint density at radius 1 is 1.19 bits per heavy atom. The highest BCUT2D eigenvalue weighted by molar-refractivity contribution is 6.34. The number of hydrogen-bond donors (Lipinski definition) is 3. The molecule has 3 N–H and O–H groups in total. The number of benzene rings is 1. The SMILES string of the molecule is CC[C@H](C)[C@H](NC(=O)[C@@H](c1cc(Cl)cc(Cl)c1)N(C)C)C(=O)NCc1ccnc(C=N)n1. The largest absolute Gasteiger partial charge is 0.349 e. The molecule has 8 nitrogen and oxygen atoms in total. The lowest BCUT2D eigenvalue weighted by atomic mass is 9.97. The first-order chi connectivity index (χ1) is 15.2. The minimum absolute atomic E-state index is 0.104. The molecule has 0 unspecified atom stereocenters. The molecule has 10 heteroatoms. The van der Waals surface area contributed by atoms with Crippen LogP contribution in [0.15, 0.2) is 30.5 Å². The van der Waals surface area contributed by atoms with Crippen molar-refractivity contribution in [3.8, 4) is 0 Å². The lowest BCUT2D eigenvalue weighted by Gasteiger charge is -2.29. The molecule has 172 valence electrons. The third kappa shape index (κ3) is 6.98. The number of nitrogens with zero attached hydrogens (tertiary/aromatic N) is 3. The fourth-order valence-electron chi connectivity index (χ4n) is 3.22. The number of likely N-dealkylation sites (N-methyl/N-ethyl adjacent to an activating group) is 1. The van der Waals surface area contributed by atoms with Gasteiger partial charge in [0.2, 0.25) is 11.8 Å². The second-order valence-corrected chi connectivity index (χ2v) is 8.58. The molecule has 32 heavy (non-hydrogen) atoms. The number of rotatable bonds is 10. The summed E-state index contributed by atoms with van der Waals surface area (Å²) in [6.45, 7) is 4.02. The Labute approximate surface area is 198 Å². The maximum absolute atomic E-state index is 13.2. The fourth-order valence-corrected chi connectivity index (χ4v) is 3.76. The van der Waals surface area contributed by atoms with Crippen LogP contribution < -0.4 is 10.6 Å². The van der Waals surface area contributed by atoms with Gasteiger partial charge in [0.15, 0.2) is 5.82 Å². The van der Waals surface area contributed by atoms with Gasteiger partial charge in [-0.1, -0.05) is 43.5 Å². The van der Waals surface area contributed by atoms with Crippen molar-refractivity contribution in [2.24, 2.45) is 5.92 Å². The first-order valence-corrected chi connectivity index (χ1v) is 10.9. The first kappa shape index (κ1) is 25.7. The van der Waals surface area contributed by atoms with E-state index >= 15 is 0 Å². The molecule has 2 rings (SSSR count). The van der Waals surface area contributed by atoms with Crippen LogP contribution in [0.1, 0.15) is 43.4 Å². The predicted molar refractivity (Wildman–Crippen MR) is 126 cm³/mol. The summed E-state index contributed by atoms with van der Waals surface area (Å²) in [6.07, 6.45) is 3.26. The van der Waals surface area contributed by atoms with Gasteiger partial charge in [-0.05, 0) is 49.8 Å². The molecule has 0 aliphatic heterocycles. The smallest absolute Gasteiger partial charge is 0.243 e. The van der Waals surface area contributed by atoms with Gasteiger partial charge >= 0.3 is 0 Å². The summed E-state index contributed by atoms with van der Waals surface area (Å²) in [5.41, 5.74) is 1.20. The molecule has 0 saturated carbocycles. The fraction of sp³-hybridized carbons (Fsp3) is 0.409. The van der Waals surface area contributed by atoms with Crippen LogP contribution >= 0.6 is 23.2 Å². The zero-order valence-corrected chi connectivity index (χ0v) is 20.0. The normalized spacial score (nSPS) is 13.8. The first-order valence-electron chi connectivity index (χ1n) is 10.2. The third-order valence-corrected chi connectivity index (χ3v) is 5.50. The molecule has 0 saturated heterocycles. The monoisotopic (exact) mass is 478 g/mol. The van der Waals surface area contributed by atoms with E-state index in [-0.39, 0.29) is 30.1 Å². The van der Waals surface area contributed by atoms with Gasteiger partial charge in [-0.3, -0.25) is 14.5 Å². The number of aromatic nitrogens is 2. The summed E-state index contributed by atoms with van der Waals surface area (Å²) >= 11 is 12.3. The summed E-state index contributed by atoms with van der Waals surface area (Å²) in [5.74, 6) is -0.490. The van der Waals surface area contributed by atoms with E-state index in [9.17, 15) is 9.59 Å². The van der Waals surface area contributed by atoms with Crippen molar-refractivity contribution in [3.05, 3.63) is 57.6 Å². The molecule has 0 fully saturated rings. The van der Waals surface area contributed by atoms with Crippen molar-refractivity contribution in [1.82, 2.24) is 25.5 Å². The highest BCUT2D eigenvalue weighted by Crippen LogP contribution is 2.26. The molecule has 2 amide bonds. The molecule has 1 aromatic carbocycles. The lowest BCUT2D eigenvalue weighted by Crippen LogP contribution is -2.52. The zero-order valence-electron chi connectivity index (χ0n) is 18.5. The van der Waals surface area contributed by atoms with Crippen molar-refractivity contribution in [2.45, 2.75) is 38.9 Å². The number of nitrogens with one attached hydrogen (secondary N) is 3. The topological polar surface area (TPSA) is 111 Å². The standard InChI is InChI=1S/C22H28Cl2N6O2/c1-5-13(2)19(21(31)27-12-17-6-7-26-18(11-25)28-17)29-22(32)20(30(3)4)14-8-15(23)10-16(24)9-14/h6-11,13,19-20,25H,5,12H2,1-4H3,(H,27,31)(H,29,32)/t13-,19-,20+/m0/s1. The van der Waals surface area contributed by atoms with Crippen LogP contribution in [0.25, 0.3) is 0 Å². The van der Waals surface area contributed by atoms with Gasteiger partial charge in [0.05, 0.1) is 18.5 Å². The molecule has 1 heterocycles. The molecule has 2 aromatic rings. The zero-order chi connectivity index (χ0) is 23.8. The Kier molecular flexibility index (Phi) is 9.56. The molecule has 1 aromatic heterocycles. The second-order valence-electron chi connectivity index (χ2n) is 7.71. The van der Waals surface area contributed by atoms with Crippen molar-refractivity contribution < 1.29 is 9.59 Å². The van der Waals surface area contributed by atoms with E-state index in [1.807, 2.05) is 13.8 Å². The number of halogens is 2. The summed E-state index contributed by atoms with van der Waals surface area (Å²) < 4.78 is 0. The van der Waals surface area contributed by atoms with Crippen LogP contribution in [-0.2, 0) is 16.1 Å². The average Bonchev–Trinajstić information content (AvgIpc) is 2.74. The minimum atomic E-state index is -0.742. The molecular weight excluding hydrogens is 451 g/mol. The van der Waals surface area contributed by atoms with Gasteiger partial charge in [-0.15, -0.1) is 0 Å². The quantitative estimate of drug-likeness (QED) is 0.453. The van der Waals surface area contributed by atoms with Crippen LogP contribution in [0.3, 0.4) is 0 Å². The Morgan fingerprint density at radius 2 is 1.84 bits per heavy atom. The van der Waals surface area contributed by atoms with E-state index in [2.05, 4.69) is 20.6 Å². The Balaban J connectivity index is 2.19. The van der Waals surface area contributed by atoms with Gasteiger partial charge < -0.3 is 16.0 Å². The molecular formula is C22H28Cl2N6O2. The minimum Gasteiger partial charge on any atom is -0.349 e. The van der Waals surface area contributed by atoms with Crippen molar-refractivity contribution >= 4 is 41.2 Å². The maximum Gasteiger partial charge on any atom is 0.243 e. The highest BCUT2D eigenvalue weighted by atomic mass is 35.5. The number of hydrogen-bond acceptors (Lipinski definition) is 6. The number of carbonyl (C=O) groups is 2.